The molecule has 1 N–H and O–H groups in total. The van der Waals surface area contributed by atoms with Crippen LogP contribution in [-0.4, -0.2) is 12.6 Å². The number of amides is 1. The number of nitrogens with zero attached hydrogens (tertiary/aromatic N) is 1. The smallest absolute Gasteiger partial charge is 0.407 e. The maximum Gasteiger partial charge on any atom is 0.407 e. The van der Waals surface area contributed by atoms with Crippen LogP contribution < -0.4 is 5.32 Å². The second-order valence-corrected chi connectivity index (χ2v) is 3.91. The van der Waals surface area contributed by atoms with Crippen LogP contribution >= 0.6 is 0 Å². The van der Waals surface area contributed by atoms with Gasteiger partial charge in [-0.1, -0.05) is 37.3 Å². The molecule has 0 bridgehead atoms. The molecule has 1 atom stereocenters. The van der Waals surface area contributed by atoms with E-state index in [4.69, 9.17) is 10.00 Å². The Kier molecular flexibility index (Phi) is 5.59. The summed E-state index contributed by atoms with van der Waals surface area (Å²) in [5.74, 6) is 0.143. The van der Waals surface area contributed by atoms with Gasteiger partial charge in [0.1, 0.15) is 6.61 Å². The number of ether oxygens (including phenoxy) is 1. The molecule has 0 spiro atoms. The fourth-order valence-corrected chi connectivity index (χ4v) is 1.26. The minimum absolute atomic E-state index is 0.143. The molecule has 0 saturated carbocycles. The van der Waals surface area contributed by atoms with E-state index in [1.165, 1.54) is 0 Å². The number of hydrogen-bond donors (Lipinski definition) is 1. The molecule has 0 heterocycles. The lowest BCUT2D eigenvalue weighted by Crippen LogP contribution is -2.28. The third-order valence-electron chi connectivity index (χ3n) is 2.25. The molecule has 0 fully saturated rings. The number of carbonyl (C=O) groups is 1. The molecular formula is C13H16N2O2. The van der Waals surface area contributed by atoms with Crippen molar-refractivity contribution in [2.75, 3.05) is 6.54 Å². The molecule has 0 unspecified atom stereocenters. The molecule has 1 rings (SSSR count). The molecule has 0 aliphatic heterocycles. The van der Waals surface area contributed by atoms with Gasteiger partial charge in [-0.15, -0.1) is 0 Å². The lowest BCUT2D eigenvalue weighted by atomic mass is 10.1. The summed E-state index contributed by atoms with van der Waals surface area (Å²) in [7, 11) is 0. The van der Waals surface area contributed by atoms with E-state index in [0.717, 1.165) is 5.56 Å². The zero-order valence-corrected chi connectivity index (χ0v) is 9.85. The molecule has 4 nitrogen and oxygen atoms in total. The number of carbonyl (C=O) groups excluding carboxylic acids is 1. The molecule has 0 aromatic heterocycles. The van der Waals surface area contributed by atoms with Gasteiger partial charge < -0.3 is 10.1 Å². The molecule has 1 amide bonds. The third kappa shape index (κ3) is 5.57. The summed E-state index contributed by atoms with van der Waals surface area (Å²) in [6.07, 6.45) is -0.0162. The molecule has 0 saturated heterocycles. The van der Waals surface area contributed by atoms with Gasteiger partial charge in [-0.3, -0.25) is 0 Å². The van der Waals surface area contributed by atoms with E-state index >= 15 is 0 Å². The van der Waals surface area contributed by atoms with Crippen LogP contribution in [0.25, 0.3) is 0 Å². The van der Waals surface area contributed by atoms with Gasteiger partial charge in [0.2, 0.25) is 0 Å². The van der Waals surface area contributed by atoms with E-state index in [1.54, 1.807) is 0 Å². The van der Waals surface area contributed by atoms with Gasteiger partial charge in [0.15, 0.2) is 0 Å². The largest absolute Gasteiger partial charge is 0.445 e. The van der Waals surface area contributed by atoms with Crippen molar-refractivity contribution in [3.05, 3.63) is 35.9 Å². The molecule has 1 aromatic carbocycles. The van der Waals surface area contributed by atoms with Crippen LogP contribution in [-0.2, 0) is 11.3 Å². The van der Waals surface area contributed by atoms with Crippen LogP contribution in [0.3, 0.4) is 0 Å². The van der Waals surface area contributed by atoms with Crippen molar-refractivity contribution >= 4 is 6.09 Å². The predicted octanol–water partition coefficient (Wildman–Crippen LogP) is 2.46. The Bertz CT molecular complexity index is 384. The van der Waals surface area contributed by atoms with E-state index in [0.29, 0.717) is 13.0 Å². The summed E-state index contributed by atoms with van der Waals surface area (Å²) in [5, 5.41) is 11.1. The van der Waals surface area contributed by atoms with Crippen molar-refractivity contribution in [1.29, 1.82) is 5.26 Å². The van der Waals surface area contributed by atoms with Crippen molar-refractivity contribution < 1.29 is 9.53 Å². The normalized spacial score (nSPS) is 11.3. The van der Waals surface area contributed by atoms with Crippen LogP contribution in [0, 0.1) is 17.2 Å². The third-order valence-corrected chi connectivity index (χ3v) is 2.25. The Morgan fingerprint density at radius 2 is 2.18 bits per heavy atom. The lowest BCUT2D eigenvalue weighted by Gasteiger charge is -2.09. The van der Waals surface area contributed by atoms with Crippen LogP contribution in [0.4, 0.5) is 4.79 Å². The number of nitrogens with one attached hydrogen (secondary N) is 1. The summed E-state index contributed by atoms with van der Waals surface area (Å²) in [5.41, 5.74) is 0.952. The second kappa shape index (κ2) is 7.29. The number of benzene rings is 1. The molecule has 1 aromatic rings. The van der Waals surface area contributed by atoms with Gasteiger partial charge in [0, 0.05) is 13.0 Å². The second-order valence-electron chi connectivity index (χ2n) is 3.91. The van der Waals surface area contributed by atoms with E-state index in [2.05, 4.69) is 11.4 Å². The SMILES string of the molecule is C[C@H](CC#N)CNC(=O)OCc1ccccc1. The van der Waals surface area contributed by atoms with Crippen LogP contribution in [0.5, 0.6) is 0 Å². The van der Waals surface area contributed by atoms with E-state index in [9.17, 15) is 4.79 Å². The minimum Gasteiger partial charge on any atom is -0.445 e. The monoisotopic (exact) mass is 232 g/mol. The highest BCUT2D eigenvalue weighted by atomic mass is 16.5. The highest BCUT2D eigenvalue weighted by molar-refractivity contribution is 5.67. The van der Waals surface area contributed by atoms with Gasteiger partial charge in [0.25, 0.3) is 0 Å². The first kappa shape index (κ1) is 13.0. The Balaban J connectivity index is 2.20. The summed E-state index contributed by atoms with van der Waals surface area (Å²) in [4.78, 5) is 11.3. The Morgan fingerprint density at radius 1 is 1.47 bits per heavy atom. The van der Waals surface area contributed by atoms with Crippen molar-refractivity contribution in [3.8, 4) is 6.07 Å². The lowest BCUT2D eigenvalue weighted by molar-refractivity contribution is 0.138. The zero-order chi connectivity index (χ0) is 12.5. The number of nitriles is 1. The Labute approximate surface area is 101 Å². The first-order valence-electron chi connectivity index (χ1n) is 5.54. The standard InChI is InChI=1S/C13H16N2O2/c1-11(7-8-14)9-15-13(16)17-10-12-5-3-2-4-6-12/h2-6,11H,7,9-10H2,1H3,(H,15,16)/t11-/m1/s1. The van der Waals surface area contributed by atoms with Crippen molar-refractivity contribution in [2.24, 2.45) is 5.92 Å². The summed E-state index contributed by atoms with van der Waals surface area (Å²) in [6.45, 7) is 2.63. The van der Waals surface area contributed by atoms with Gasteiger partial charge in [-0.2, -0.15) is 5.26 Å². The van der Waals surface area contributed by atoms with E-state index in [1.807, 2.05) is 37.3 Å². The van der Waals surface area contributed by atoms with Crippen LogP contribution in [0.1, 0.15) is 18.9 Å². The fraction of sp³-hybridized carbons (Fsp3) is 0.385. The highest BCUT2D eigenvalue weighted by Crippen LogP contribution is 2.01. The molecule has 0 radical (unpaired) electrons. The zero-order valence-electron chi connectivity index (χ0n) is 9.85. The number of hydrogen-bond acceptors (Lipinski definition) is 3. The van der Waals surface area contributed by atoms with Crippen molar-refractivity contribution in [3.63, 3.8) is 0 Å². The van der Waals surface area contributed by atoms with Gasteiger partial charge in [-0.05, 0) is 11.5 Å². The predicted molar refractivity (Wildman–Crippen MR) is 64.0 cm³/mol. The van der Waals surface area contributed by atoms with Crippen LogP contribution in [0.2, 0.25) is 0 Å². The van der Waals surface area contributed by atoms with Crippen molar-refractivity contribution in [1.82, 2.24) is 5.32 Å². The van der Waals surface area contributed by atoms with E-state index < -0.39 is 6.09 Å². The summed E-state index contributed by atoms with van der Waals surface area (Å²) >= 11 is 0. The fourth-order valence-electron chi connectivity index (χ4n) is 1.26. The molecule has 4 heteroatoms. The van der Waals surface area contributed by atoms with Gasteiger partial charge in [0.05, 0.1) is 6.07 Å². The molecule has 17 heavy (non-hydrogen) atoms. The Hall–Kier alpha value is -2.02. The topological polar surface area (TPSA) is 62.1 Å². The first-order chi connectivity index (χ1) is 8.22. The average molecular weight is 232 g/mol. The molecular weight excluding hydrogens is 216 g/mol. The highest BCUT2D eigenvalue weighted by Gasteiger charge is 2.05. The molecule has 0 aliphatic rings. The quantitative estimate of drug-likeness (QED) is 0.848. The summed E-state index contributed by atoms with van der Waals surface area (Å²) in [6, 6.07) is 11.5. The van der Waals surface area contributed by atoms with Gasteiger partial charge >= 0.3 is 6.09 Å². The molecule has 90 valence electrons. The first-order valence-corrected chi connectivity index (χ1v) is 5.54. The van der Waals surface area contributed by atoms with Gasteiger partial charge in [-0.25, -0.2) is 4.79 Å². The van der Waals surface area contributed by atoms with E-state index in [-0.39, 0.29) is 12.5 Å². The molecule has 0 aliphatic carbocycles. The maximum atomic E-state index is 11.3. The van der Waals surface area contributed by atoms with Crippen LogP contribution in [0.15, 0.2) is 30.3 Å². The summed E-state index contributed by atoms with van der Waals surface area (Å²) < 4.78 is 5.02. The average Bonchev–Trinajstić information content (AvgIpc) is 2.35. The number of alkyl carbamates (subject to hydrolysis) is 1. The maximum absolute atomic E-state index is 11.3. The number of rotatable bonds is 5. The van der Waals surface area contributed by atoms with Crippen molar-refractivity contribution in [2.45, 2.75) is 20.0 Å². The Morgan fingerprint density at radius 3 is 2.82 bits per heavy atom. The minimum atomic E-state index is -0.446.